The Morgan fingerprint density at radius 3 is 1.08 bits per heavy atom. The summed E-state index contributed by atoms with van der Waals surface area (Å²) >= 11 is 0. The van der Waals surface area contributed by atoms with Gasteiger partial charge in [-0.05, 0) is 89.9 Å². The number of carbonyl (C=O) groups excluding carboxylic acids is 2. The molecule has 0 aliphatic rings. The van der Waals surface area contributed by atoms with Gasteiger partial charge in [-0.25, -0.2) is 0 Å². The van der Waals surface area contributed by atoms with Gasteiger partial charge in [-0.1, -0.05) is 287 Å². The molecule has 0 aliphatic heterocycles. The number of allylic oxidation sites excluding steroid dienone is 7. The summed E-state index contributed by atoms with van der Waals surface area (Å²) in [5, 5.41) is 23.1. The lowest BCUT2D eigenvalue weighted by molar-refractivity contribution is -0.143. The minimum absolute atomic E-state index is 0.00374. The first-order valence-electron chi connectivity index (χ1n) is 32.4. The fraction of sp³-hybridized carbons (Fsp3) is 0.851. The highest BCUT2D eigenvalue weighted by molar-refractivity contribution is 5.76. The van der Waals surface area contributed by atoms with Crippen molar-refractivity contribution >= 4 is 11.9 Å². The lowest BCUT2D eigenvalue weighted by Gasteiger charge is -2.20. The number of aliphatic hydroxyl groups is 2. The third kappa shape index (κ3) is 58.9. The second kappa shape index (κ2) is 62.4. The Balaban J connectivity index is 3.44. The van der Waals surface area contributed by atoms with Crippen molar-refractivity contribution in [2.24, 2.45) is 0 Å². The van der Waals surface area contributed by atoms with Crippen LogP contribution in [0.4, 0.5) is 0 Å². The predicted molar refractivity (Wildman–Crippen MR) is 319 cm³/mol. The molecule has 0 saturated carbocycles. The third-order valence-corrected chi connectivity index (χ3v) is 14.8. The molecular weight excluding hydrogens is 899 g/mol. The first-order chi connectivity index (χ1) is 36.0. The van der Waals surface area contributed by atoms with E-state index in [4.69, 9.17) is 4.74 Å². The molecule has 0 spiro atoms. The van der Waals surface area contributed by atoms with Crippen molar-refractivity contribution in [1.29, 1.82) is 0 Å². The van der Waals surface area contributed by atoms with E-state index in [1.165, 1.54) is 257 Å². The summed E-state index contributed by atoms with van der Waals surface area (Å²) in [6, 6.07) is -0.634. The molecule has 6 nitrogen and oxygen atoms in total. The number of aliphatic hydroxyl groups excluding tert-OH is 2. The summed E-state index contributed by atoms with van der Waals surface area (Å²) in [5.74, 6) is -0.0710. The van der Waals surface area contributed by atoms with Crippen LogP contribution in [0.1, 0.15) is 341 Å². The smallest absolute Gasteiger partial charge is 0.305 e. The van der Waals surface area contributed by atoms with E-state index in [1.54, 1.807) is 6.08 Å². The minimum Gasteiger partial charge on any atom is -0.466 e. The monoisotopic (exact) mass is 1020 g/mol. The maximum Gasteiger partial charge on any atom is 0.305 e. The molecule has 0 saturated heterocycles. The van der Waals surface area contributed by atoms with E-state index in [2.05, 4.69) is 55.6 Å². The summed E-state index contributed by atoms with van der Waals surface area (Å²) in [5.41, 5.74) is 0. The van der Waals surface area contributed by atoms with E-state index in [-0.39, 0.29) is 18.5 Å². The van der Waals surface area contributed by atoms with Gasteiger partial charge >= 0.3 is 5.97 Å². The molecule has 2 atom stereocenters. The van der Waals surface area contributed by atoms with E-state index in [0.29, 0.717) is 19.4 Å². The number of amides is 1. The Kier molecular flexibility index (Phi) is 60.5. The second-order valence-corrected chi connectivity index (χ2v) is 22.1. The minimum atomic E-state index is -0.850. The number of esters is 1. The Morgan fingerprint density at radius 2 is 0.685 bits per heavy atom. The average molecular weight is 1020 g/mol. The average Bonchev–Trinajstić information content (AvgIpc) is 3.39. The number of carbonyl (C=O) groups is 2. The number of hydrogen-bond acceptors (Lipinski definition) is 5. The molecule has 0 aromatic carbocycles. The fourth-order valence-corrected chi connectivity index (χ4v) is 9.84. The van der Waals surface area contributed by atoms with E-state index in [1.807, 2.05) is 6.08 Å². The van der Waals surface area contributed by atoms with E-state index in [9.17, 15) is 19.8 Å². The molecule has 2 unspecified atom stereocenters. The Hall–Kier alpha value is -2.18. The topological polar surface area (TPSA) is 95.9 Å². The maximum atomic E-state index is 12.5. The Morgan fingerprint density at radius 1 is 0.384 bits per heavy atom. The van der Waals surface area contributed by atoms with Crippen molar-refractivity contribution in [2.45, 2.75) is 353 Å². The molecule has 73 heavy (non-hydrogen) atoms. The predicted octanol–water partition coefficient (Wildman–Crippen LogP) is 20.5. The zero-order valence-electron chi connectivity index (χ0n) is 48.9. The number of ether oxygens (including phenoxy) is 1. The normalized spacial score (nSPS) is 12.9. The quantitative estimate of drug-likeness (QED) is 0.0320. The Labute approximate surface area is 455 Å². The van der Waals surface area contributed by atoms with Crippen molar-refractivity contribution in [3.63, 3.8) is 0 Å². The van der Waals surface area contributed by atoms with Gasteiger partial charge in [0.25, 0.3) is 0 Å². The molecule has 0 aliphatic carbocycles. The number of rotatable bonds is 60. The highest BCUT2D eigenvalue weighted by atomic mass is 16.5. The summed E-state index contributed by atoms with van der Waals surface area (Å²) in [6.07, 6.45) is 80.1. The Bertz CT molecular complexity index is 1230. The van der Waals surface area contributed by atoms with Crippen LogP contribution in [0.5, 0.6) is 0 Å². The zero-order valence-corrected chi connectivity index (χ0v) is 48.9. The number of hydrogen-bond donors (Lipinski definition) is 3. The molecule has 1 amide bonds. The molecule has 0 bridgehead atoms. The van der Waals surface area contributed by atoms with Gasteiger partial charge in [-0.15, -0.1) is 0 Å². The van der Waals surface area contributed by atoms with Crippen molar-refractivity contribution < 1.29 is 24.5 Å². The molecule has 0 heterocycles. The number of nitrogens with one attached hydrogen (secondary N) is 1. The van der Waals surface area contributed by atoms with Crippen LogP contribution in [-0.4, -0.2) is 47.4 Å². The summed E-state index contributed by atoms with van der Waals surface area (Å²) in [6.45, 7) is 4.88. The van der Waals surface area contributed by atoms with Gasteiger partial charge in [0.2, 0.25) is 5.91 Å². The third-order valence-electron chi connectivity index (χ3n) is 14.8. The largest absolute Gasteiger partial charge is 0.466 e. The van der Waals surface area contributed by atoms with E-state index >= 15 is 0 Å². The molecule has 0 aromatic rings. The van der Waals surface area contributed by atoms with Crippen LogP contribution in [0, 0.1) is 0 Å². The van der Waals surface area contributed by atoms with Crippen LogP contribution < -0.4 is 5.32 Å². The molecular formula is C67H125NO5. The lowest BCUT2D eigenvalue weighted by Crippen LogP contribution is -2.45. The highest BCUT2D eigenvalue weighted by Gasteiger charge is 2.18. The first-order valence-corrected chi connectivity index (χ1v) is 32.4. The van der Waals surface area contributed by atoms with Crippen molar-refractivity contribution in [1.82, 2.24) is 5.32 Å². The standard InChI is InChI=1S/C67H125NO5/c1-3-5-7-9-11-13-15-17-19-21-25-29-33-37-41-45-49-53-57-61-67(72)73-62-58-54-50-46-42-38-34-30-27-24-22-23-26-28-32-36-40-44-48-52-56-60-66(71)68-64(63-69)65(70)59-55-51-47-43-39-35-31-20-18-16-14-12-10-8-6-4-2/h11,13,17,19,23,26,55,59,64-65,69-70H,3-10,12,14-16,18,20-22,24-25,27-54,56-58,60-63H2,1-2H3,(H,68,71)/b13-11-,19-17-,26-23-,59-55+. The van der Waals surface area contributed by atoms with E-state index < -0.39 is 12.1 Å². The molecule has 0 rings (SSSR count). The molecule has 428 valence electrons. The SMILES string of the molecule is CCCCC/C=C\C/C=C\CCCCCCCCCCCC(=O)OCCCCCCCCCCCC/C=C\CCCCCCCCCC(=O)NC(CO)C(O)/C=C/CCCCCCCCCCCCCCCC. The molecule has 0 radical (unpaired) electrons. The summed E-state index contributed by atoms with van der Waals surface area (Å²) < 4.78 is 5.50. The fourth-order valence-electron chi connectivity index (χ4n) is 9.84. The molecule has 0 aromatic heterocycles. The molecule has 0 fully saturated rings. The van der Waals surface area contributed by atoms with Crippen LogP contribution >= 0.6 is 0 Å². The summed E-state index contributed by atoms with van der Waals surface area (Å²) in [4.78, 5) is 24.6. The van der Waals surface area contributed by atoms with Crippen molar-refractivity contribution in [3.05, 3.63) is 48.6 Å². The van der Waals surface area contributed by atoms with Gasteiger partial charge in [0.05, 0.1) is 25.4 Å². The highest BCUT2D eigenvalue weighted by Crippen LogP contribution is 2.17. The van der Waals surface area contributed by atoms with E-state index in [0.717, 1.165) is 57.8 Å². The van der Waals surface area contributed by atoms with Gasteiger partial charge in [0, 0.05) is 12.8 Å². The molecule has 6 heteroatoms. The van der Waals surface area contributed by atoms with Gasteiger partial charge < -0.3 is 20.3 Å². The van der Waals surface area contributed by atoms with Gasteiger partial charge in [0.1, 0.15) is 0 Å². The van der Waals surface area contributed by atoms with Crippen LogP contribution in [0.25, 0.3) is 0 Å². The number of unbranched alkanes of at least 4 members (excludes halogenated alkanes) is 43. The van der Waals surface area contributed by atoms with Crippen LogP contribution in [0.3, 0.4) is 0 Å². The van der Waals surface area contributed by atoms with Gasteiger partial charge in [-0.3, -0.25) is 9.59 Å². The van der Waals surface area contributed by atoms with Crippen LogP contribution in [0.2, 0.25) is 0 Å². The van der Waals surface area contributed by atoms with Gasteiger partial charge in [0.15, 0.2) is 0 Å². The van der Waals surface area contributed by atoms with Crippen LogP contribution in [0.15, 0.2) is 48.6 Å². The maximum absolute atomic E-state index is 12.5. The summed E-state index contributed by atoms with van der Waals surface area (Å²) in [7, 11) is 0. The lowest BCUT2D eigenvalue weighted by atomic mass is 10.0. The first kappa shape index (κ1) is 70.8. The second-order valence-electron chi connectivity index (χ2n) is 22.1. The van der Waals surface area contributed by atoms with Gasteiger partial charge in [-0.2, -0.15) is 0 Å². The zero-order chi connectivity index (χ0) is 52.9. The van der Waals surface area contributed by atoms with Crippen LogP contribution in [-0.2, 0) is 14.3 Å². The van der Waals surface area contributed by atoms with Crippen molar-refractivity contribution in [2.75, 3.05) is 13.2 Å². The molecule has 3 N–H and O–H groups in total. The van der Waals surface area contributed by atoms with Crippen molar-refractivity contribution in [3.8, 4) is 0 Å².